The summed E-state index contributed by atoms with van der Waals surface area (Å²) in [6, 6.07) is 16.2. The van der Waals surface area contributed by atoms with E-state index in [2.05, 4.69) is 47.9 Å². The molecule has 146 valence electrons. The first kappa shape index (κ1) is 18.6. The lowest BCUT2D eigenvalue weighted by Gasteiger charge is -2.38. The molecule has 0 fully saturated rings. The maximum absolute atomic E-state index is 6.43. The number of fused-ring (bicyclic) bond motifs is 3. The van der Waals surface area contributed by atoms with Crippen LogP contribution in [0.4, 0.5) is 0 Å². The van der Waals surface area contributed by atoms with Crippen molar-refractivity contribution >= 4 is 37.6 Å². The Morgan fingerprint density at radius 2 is 1.97 bits per heavy atom. The lowest BCUT2D eigenvalue weighted by Crippen LogP contribution is -2.34. The van der Waals surface area contributed by atoms with Crippen molar-refractivity contribution in [1.82, 2.24) is 9.99 Å². The van der Waals surface area contributed by atoms with Gasteiger partial charge in [0.25, 0.3) is 0 Å². The number of halogens is 2. The van der Waals surface area contributed by atoms with Gasteiger partial charge in [0.15, 0.2) is 0 Å². The third kappa shape index (κ3) is 3.32. The van der Waals surface area contributed by atoms with Crippen LogP contribution in [0, 0.1) is 0 Å². The Bertz CT molecular complexity index is 1090. The van der Waals surface area contributed by atoms with Crippen LogP contribution in [-0.2, 0) is 0 Å². The van der Waals surface area contributed by atoms with E-state index >= 15 is 0 Å². The summed E-state index contributed by atoms with van der Waals surface area (Å²) in [5, 5.41) is 7.03. The van der Waals surface area contributed by atoms with Gasteiger partial charge in [0, 0.05) is 34.4 Å². The Labute approximate surface area is 185 Å². The summed E-state index contributed by atoms with van der Waals surface area (Å²) in [6.07, 6.45) is 4.05. The average molecular weight is 515 g/mol. The minimum Gasteiger partial charge on any atom is -0.497 e. The third-order valence-corrected chi connectivity index (χ3v) is 6.25. The number of rotatable bonds is 3. The van der Waals surface area contributed by atoms with Gasteiger partial charge in [-0.15, -0.1) is 0 Å². The van der Waals surface area contributed by atoms with Gasteiger partial charge in [-0.1, -0.05) is 22.0 Å². The van der Waals surface area contributed by atoms with Crippen LogP contribution in [0.1, 0.15) is 35.4 Å². The molecular weight excluding hydrogens is 498 g/mol. The molecular formula is C22H17Br2N3O2. The lowest BCUT2D eigenvalue weighted by atomic mass is 9.96. The summed E-state index contributed by atoms with van der Waals surface area (Å²) in [5.41, 5.74) is 4.19. The van der Waals surface area contributed by atoms with Gasteiger partial charge < -0.3 is 9.47 Å². The smallest absolute Gasteiger partial charge is 0.215 e. The molecule has 2 atom stereocenters. The number of hydrogen-bond acceptors (Lipinski definition) is 5. The highest BCUT2D eigenvalue weighted by atomic mass is 79.9. The van der Waals surface area contributed by atoms with Gasteiger partial charge in [-0.2, -0.15) is 5.10 Å². The predicted molar refractivity (Wildman–Crippen MR) is 118 cm³/mol. The Kier molecular flexibility index (Phi) is 4.80. The lowest BCUT2D eigenvalue weighted by molar-refractivity contribution is -0.0199. The number of hydrazone groups is 1. The number of ether oxygens (including phenoxy) is 2. The fourth-order valence-electron chi connectivity index (χ4n) is 3.81. The van der Waals surface area contributed by atoms with Gasteiger partial charge in [-0.3, -0.25) is 4.98 Å². The highest BCUT2D eigenvalue weighted by molar-refractivity contribution is 9.11. The summed E-state index contributed by atoms with van der Waals surface area (Å²) >= 11 is 7.27. The zero-order valence-electron chi connectivity index (χ0n) is 15.5. The molecule has 5 rings (SSSR count). The van der Waals surface area contributed by atoms with E-state index in [1.807, 2.05) is 48.7 Å². The van der Waals surface area contributed by atoms with Crippen molar-refractivity contribution < 1.29 is 9.47 Å². The zero-order chi connectivity index (χ0) is 20.0. The maximum Gasteiger partial charge on any atom is 0.215 e. The first-order valence-corrected chi connectivity index (χ1v) is 10.8. The number of methoxy groups -OCH3 is 1. The quantitative estimate of drug-likeness (QED) is 0.439. The summed E-state index contributed by atoms with van der Waals surface area (Å²) in [6.45, 7) is 0. The van der Waals surface area contributed by atoms with E-state index in [0.717, 1.165) is 49.3 Å². The van der Waals surface area contributed by atoms with Gasteiger partial charge in [0.05, 0.1) is 23.3 Å². The number of nitrogens with zero attached hydrogens (tertiary/aromatic N) is 3. The van der Waals surface area contributed by atoms with Gasteiger partial charge in [0.2, 0.25) is 6.23 Å². The normalized spacial score (nSPS) is 19.8. The van der Waals surface area contributed by atoms with Crippen molar-refractivity contribution in [2.24, 2.45) is 5.10 Å². The fraction of sp³-hybridized carbons (Fsp3) is 0.182. The van der Waals surface area contributed by atoms with Gasteiger partial charge >= 0.3 is 0 Å². The second-order valence-corrected chi connectivity index (χ2v) is 8.71. The molecule has 0 amide bonds. The van der Waals surface area contributed by atoms with E-state index in [-0.39, 0.29) is 12.3 Å². The number of pyridine rings is 1. The number of benzene rings is 2. The van der Waals surface area contributed by atoms with E-state index in [0.29, 0.717) is 0 Å². The summed E-state index contributed by atoms with van der Waals surface area (Å²) in [4.78, 5) is 4.27. The molecule has 1 aromatic heterocycles. The zero-order valence-corrected chi connectivity index (χ0v) is 18.7. The molecule has 5 nitrogen and oxygen atoms in total. The molecule has 2 aromatic carbocycles. The molecule has 0 spiro atoms. The van der Waals surface area contributed by atoms with E-state index in [1.54, 1.807) is 13.3 Å². The van der Waals surface area contributed by atoms with Crippen LogP contribution in [-0.4, -0.2) is 22.8 Å². The molecule has 3 aromatic rings. The molecule has 0 aliphatic carbocycles. The van der Waals surface area contributed by atoms with E-state index in [1.165, 1.54) is 0 Å². The topological polar surface area (TPSA) is 47.0 Å². The van der Waals surface area contributed by atoms with Crippen LogP contribution >= 0.6 is 31.9 Å². The van der Waals surface area contributed by atoms with Crippen molar-refractivity contribution in [3.05, 3.63) is 86.6 Å². The summed E-state index contributed by atoms with van der Waals surface area (Å²) < 4.78 is 13.6. The predicted octanol–water partition coefficient (Wildman–Crippen LogP) is 5.86. The van der Waals surface area contributed by atoms with Gasteiger partial charge in [0.1, 0.15) is 11.5 Å². The monoisotopic (exact) mass is 513 g/mol. The summed E-state index contributed by atoms with van der Waals surface area (Å²) in [5.74, 6) is 1.69. The van der Waals surface area contributed by atoms with Crippen LogP contribution in [0.2, 0.25) is 0 Å². The molecule has 0 unspecified atom stereocenters. The molecule has 0 N–H and O–H groups in total. The van der Waals surface area contributed by atoms with Crippen LogP contribution in [0.15, 0.2) is 75.0 Å². The minimum atomic E-state index is -0.338. The third-order valence-electron chi connectivity index (χ3n) is 5.20. The molecule has 0 radical (unpaired) electrons. The van der Waals surface area contributed by atoms with Crippen molar-refractivity contribution in [2.75, 3.05) is 7.11 Å². The van der Waals surface area contributed by atoms with Crippen molar-refractivity contribution in [3.8, 4) is 11.5 Å². The van der Waals surface area contributed by atoms with Crippen molar-refractivity contribution in [2.45, 2.75) is 18.7 Å². The second kappa shape index (κ2) is 7.46. The number of hydrogen-bond donors (Lipinski definition) is 0. The van der Waals surface area contributed by atoms with Crippen LogP contribution in [0.3, 0.4) is 0 Å². The molecule has 7 heteroatoms. The van der Waals surface area contributed by atoms with Crippen molar-refractivity contribution in [1.29, 1.82) is 0 Å². The van der Waals surface area contributed by atoms with Crippen LogP contribution in [0.5, 0.6) is 11.5 Å². The Morgan fingerprint density at radius 3 is 2.69 bits per heavy atom. The average Bonchev–Trinajstić information content (AvgIpc) is 3.20. The molecule has 0 saturated carbocycles. The first-order valence-electron chi connectivity index (χ1n) is 9.20. The van der Waals surface area contributed by atoms with Crippen molar-refractivity contribution in [3.63, 3.8) is 0 Å². The molecule has 2 aliphatic heterocycles. The van der Waals surface area contributed by atoms with Crippen LogP contribution < -0.4 is 9.47 Å². The second-order valence-electron chi connectivity index (χ2n) is 6.94. The SMILES string of the molecule is COc1ccc(C2=NN3[C@H](C2)c2cc(Br)cc(Br)c2O[C@@H]3c2cccnc2)cc1. The highest BCUT2D eigenvalue weighted by Crippen LogP contribution is 2.50. The molecule has 3 heterocycles. The van der Waals surface area contributed by atoms with Crippen LogP contribution in [0.25, 0.3) is 0 Å². The minimum absolute atomic E-state index is 0.0786. The highest BCUT2D eigenvalue weighted by Gasteiger charge is 2.42. The fourth-order valence-corrected chi connectivity index (χ4v) is 5.17. The van der Waals surface area contributed by atoms with Gasteiger partial charge in [-0.25, -0.2) is 5.01 Å². The molecule has 2 aliphatic rings. The Balaban J connectivity index is 1.60. The van der Waals surface area contributed by atoms with Gasteiger partial charge in [-0.05, 0) is 64.0 Å². The Hall–Kier alpha value is -2.38. The van der Waals surface area contributed by atoms with E-state index in [9.17, 15) is 0 Å². The largest absolute Gasteiger partial charge is 0.497 e. The van der Waals surface area contributed by atoms with E-state index in [4.69, 9.17) is 14.6 Å². The molecule has 29 heavy (non-hydrogen) atoms. The number of aromatic nitrogens is 1. The molecule has 0 saturated heterocycles. The standard InChI is InChI=1S/C22H17Br2N3O2/c1-28-16-6-4-13(5-7-16)19-11-20-17-9-15(23)10-18(24)21(17)29-22(27(20)26-19)14-3-2-8-25-12-14/h2-10,12,20,22H,11H2,1H3/t20-,22-/m1/s1. The molecule has 0 bridgehead atoms. The summed E-state index contributed by atoms with van der Waals surface area (Å²) in [7, 11) is 1.67. The maximum atomic E-state index is 6.43. The first-order chi connectivity index (χ1) is 14.1. The Morgan fingerprint density at radius 1 is 1.14 bits per heavy atom. The van der Waals surface area contributed by atoms with E-state index < -0.39 is 0 Å².